The summed E-state index contributed by atoms with van der Waals surface area (Å²) in [5, 5.41) is 3.20. The zero-order chi connectivity index (χ0) is 20.9. The minimum atomic E-state index is -3.91. The molecule has 0 aromatic heterocycles. The lowest BCUT2D eigenvalue weighted by atomic mass is 10.1. The molecule has 0 heterocycles. The summed E-state index contributed by atoms with van der Waals surface area (Å²) in [4.78, 5) is 12.5. The summed E-state index contributed by atoms with van der Waals surface area (Å²) in [6, 6.07) is 22.4. The fraction of sp³-hybridized carbons (Fsp3) is 0.174. The van der Waals surface area contributed by atoms with Crippen molar-refractivity contribution in [3.05, 3.63) is 95.6 Å². The van der Waals surface area contributed by atoms with Crippen LogP contribution in [0.5, 0.6) is 5.75 Å². The third kappa shape index (κ3) is 5.53. The molecule has 29 heavy (non-hydrogen) atoms. The molecule has 0 bridgehead atoms. The largest absolute Gasteiger partial charge is 0.379 e. The third-order valence-corrected chi connectivity index (χ3v) is 5.82. The van der Waals surface area contributed by atoms with Gasteiger partial charge in [0.1, 0.15) is 10.6 Å². The van der Waals surface area contributed by atoms with Crippen LogP contribution in [0.15, 0.2) is 83.8 Å². The Hall–Kier alpha value is -2.96. The van der Waals surface area contributed by atoms with Crippen molar-refractivity contribution < 1.29 is 17.4 Å². The molecule has 3 aromatic rings. The van der Waals surface area contributed by atoms with E-state index in [0.29, 0.717) is 5.56 Å². The average molecular weight is 410 g/mol. The Morgan fingerprint density at radius 2 is 1.55 bits per heavy atom. The molecular formula is C23H23NO4S. The molecule has 1 atom stereocenters. The zero-order valence-electron chi connectivity index (χ0n) is 16.3. The van der Waals surface area contributed by atoms with Gasteiger partial charge in [0.25, 0.3) is 0 Å². The lowest BCUT2D eigenvalue weighted by Gasteiger charge is -2.13. The van der Waals surface area contributed by atoms with Crippen molar-refractivity contribution in [2.24, 2.45) is 0 Å². The zero-order valence-corrected chi connectivity index (χ0v) is 17.1. The van der Waals surface area contributed by atoms with Gasteiger partial charge < -0.3 is 9.50 Å². The van der Waals surface area contributed by atoms with Gasteiger partial charge in [-0.15, -0.1) is 0 Å². The van der Waals surface area contributed by atoms with E-state index in [1.165, 1.54) is 24.3 Å². The van der Waals surface area contributed by atoms with Gasteiger partial charge in [-0.2, -0.15) is 8.42 Å². The quantitative estimate of drug-likeness (QED) is 0.444. The van der Waals surface area contributed by atoms with Crippen LogP contribution in [0, 0.1) is 6.92 Å². The Labute approximate surface area is 171 Å². The predicted octanol–water partition coefficient (Wildman–Crippen LogP) is 4.30. The van der Waals surface area contributed by atoms with Crippen LogP contribution >= 0.6 is 0 Å². The van der Waals surface area contributed by atoms with Crippen molar-refractivity contribution in [2.45, 2.75) is 24.8 Å². The number of hydrogen-bond acceptors (Lipinski definition) is 5. The van der Waals surface area contributed by atoms with Crippen LogP contribution in [-0.4, -0.2) is 20.7 Å². The fourth-order valence-corrected chi connectivity index (χ4v) is 3.71. The molecule has 0 amide bonds. The molecule has 3 rings (SSSR count). The maximum absolute atomic E-state index is 12.4. The van der Waals surface area contributed by atoms with Crippen molar-refractivity contribution in [2.75, 3.05) is 6.54 Å². The van der Waals surface area contributed by atoms with Crippen LogP contribution in [-0.2, 0) is 10.1 Å². The predicted molar refractivity (Wildman–Crippen MR) is 113 cm³/mol. The molecule has 0 fully saturated rings. The molecule has 0 saturated heterocycles. The molecule has 0 radical (unpaired) electrons. The minimum absolute atomic E-state index is 0.0439. The number of ketones is 1. The highest BCUT2D eigenvalue weighted by molar-refractivity contribution is 7.87. The maximum Gasteiger partial charge on any atom is 0.339 e. The molecule has 1 N–H and O–H groups in total. The van der Waals surface area contributed by atoms with E-state index >= 15 is 0 Å². The number of rotatable bonds is 8. The molecule has 3 aromatic carbocycles. The maximum atomic E-state index is 12.4. The Bertz CT molecular complexity index is 1060. The summed E-state index contributed by atoms with van der Waals surface area (Å²) in [5.74, 6) is 0.0773. The minimum Gasteiger partial charge on any atom is -0.379 e. The van der Waals surface area contributed by atoms with E-state index in [1.807, 2.05) is 44.2 Å². The van der Waals surface area contributed by atoms with Crippen molar-refractivity contribution in [1.29, 1.82) is 0 Å². The first-order chi connectivity index (χ1) is 13.8. The van der Waals surface area contributed by atoms with E-state index in [1.54, 1.807) is 24.3 Å². The van der Waals surface area contributed by atoms with Crippen LogP contribution in [0.3, 0.4) is 0 Å². The summed E-state index contributed by atoms with van der Waals surface area (Å²) in [7, 11) is -3.91. The van der Waals surface area contributed by atoms with Gasteiger partial charge in [-0.25, -0.2) is 0 Å². The molecule has 0 spiro atoms. The van der Waals surface area contributed by atoms with Crippen molar-refractivity contribution >= 4 is 15.9 Å². The number of carbonyl (C=O) groups excluding carboxylic acids is 1. The summed E-state index contributed by atoms with van der Waals surface area (Å²) in [5.41, 5.74) is 2.55. The molecule has 5 nitrogen and oxygen atoms in total. The van der Waals surface area contributed by atoms with Crippen molar-refractivity contribution in [1.82, 2.24) is 5.32 Å². The summed E-state index contributed by atoms with van der Waals surface area (Å²) < 4.78 is 29.9. The van der Waals surface area contributed by atoms with Gasteiger partial charge in [0, 0.05) is 11.6 Å². The second-order valence-corrected chi connectivity index (χ2v) is 8.36. The third-order valence-electron chi connectivity index (χ3n) is 4.56. The van der Waals surface area contributed by atoms with Gasteiger partial charge in [-0.05, 0) is 55.8 Å². The molecule has 0 aliphatic rings. The van der Waals surface area contributed by atoms with Crippen LogP contribution < -0.4 is 9.50 Å². The summed E-state index contributed by atoms with van der Waals surface area (Å²) in [6.45, 7) is 4.05. The summed E-state index contributed by atoms with van der Waals surface area (Å²) >= 11 is 0. The fourth-order valence-electron chi connectivity index (χ4n) is 2.78. The number of Topliss-reactive ketones (excluding diaryl/α,β-unsaturated/α-hetero) is 1. The number of benzene rings is 3. The van der Waals surface area contributed by atoms with Gasteiger partial charge in [0.05, 0.1) is 6.54 Å². The van der Waals surface area contributed by atoms with E-state index < -0.39 is 10.1 Å². The van der Waals surface area contributed by atoms with E-state index in [-0.39, 0.29) is 29.0 Å². The standard InChI is InChI=1S/C23H23NO4S/c1-17-8-14-22(15-9-17)29(26,27)28-21-12-10-20(11-13-21)23(25)16-24-18(2)19-6-4-3-5-7-19/h3-15,18,24H,16H2,1-2H3/t18-/m1/s1. The first kappa shape index (κ1) is 20.8. The highest BCUT2D eigenvalue weighted by atomic mass is 32.2. The first-order valence-electron chi connectivity index (χ1n) is 9.28. The first-order valence-corrected chi connectivity index (χ1v) is 10.7. The highest BCUT2D eigenvalue weighted by Gasteiger charge is 2.17. The number of carbonyl (C=O) groups is 1. The van der Waals surface area contributed by atoms with Crippen LogP contribution in [0.4, 0.5) is 0 Å². The smallest absolute Gasteiger partial charge is 0.339 e. The number of hydrogen-bond donors (Lipinski definition) is 1. The monoisotopic (exact) mass is 409 g/mol. The van der Waals surface area contributed by atoms with E-state index in [4.69, 9.17) is 4.18 Å². The Balaban J connectivity index is 1.60. The highest BCUT2D eigenvalue weighted by Crippen LogP contribution is 2.20. The van der Waals surface area contributed by atoms with Crippen molar-refractivity contribution in [3.8, 4) is 5.75 Å². The lowest BCUT2D eigenvalue weighted by molar-refractivity contribution is 0.0988. The Morgan fingerprint density at radius 1 is 0.931 bits per heavy atom. The van der Waals surface area contributed by atoms with E-state index in [0.717, 1.165) is 11.1 Å². The molecule has 0 aliphatic carbocycles. The van der Waals surface area contributed by atoms with Crippen LogP contribution in [0.2, 0.25) is 0 Å². The van der Waals surface area contributed by atoms with Gasteiger partial charge in [0.2, 0.25) is 0 Å². The Kier molecular flexibility index (Phi) is 6.46. The molecule has 0 unspecified atom stereocenters. The van der Waals surface area contributed by atoms with Gasteiger partial charge >= 0.3 is 10.1 Å². The SMILES string of the molecule is Cc1ccc(S(=O)(=O)Oc2ccc(C(=O)CN[C@H](C)c3ccccc3)cc2)cc1. The van der Waals surface area contributed by atoms with Gasteiger partial charge in [-0.1, -0.05) is 48.0 Å². The van der Waals surface area contributed by atoms with Crippen molar-refractivity contribution in [3.63, 3.8) is 0 Å². The molecular weight excluding hydrogens is 386 g/mol. The average Bonchev–Trinajstić information content (AvgIpc) is 2.73. The van der Waals surface area contributed by atoms with Gasteiger partial charge in [0.15, 0.2) is 5.78 Å². The molecule has 0 saturated carbocycles. The molecule has 150 valence electrons. The molecule has 6 heteroatoms. The lowest BCUT2D eigenvalue weighted by Crippen LogP contribution is -2.26. The normalized spacial score (nSPS) is 12.3. The van der Waals surface area contributed by atoms with Gasteiger partial charge in [-0.3, -0.25) is 4.79 Å². The Morgan fingerprint density at radius 3 is 2.17 bits per heavy atom. The molecule has 0 aliphatic heterocycles. The van der Waals surface area contributed by atoms with E-state index in [2.05, 4.69) is 5.32 Å². The van der Waals surface area contributed by atoms with Crippen LogP contribution in [0.1, 0.15) is 34.5 Å². The second kappa shape index (κ2) is 9.03. The number of nitrogens with one attached hydrogen (secondary N) is 1. The topological polar surface area (TPSA) is 72.5 Å². The summed E-state index contributed by atoms with van der Waals surface area (Å²) in [6.07, 6.45) is 0. The second-order valence-electron chi connectivity index (χ2n) is 6.81. The number of aryl methyl sites for hydroxylation is 1. The van der Waals surface area contributed by atoms with Crippen LogP contribution in [0.25, 0.3) is 0 Å². The van der Waals surface area contributed by atoms with E-state index in [9.17, 15) is 13.2 Å².